The molecule has 1 aliphatic carbocycles. The van der Waals surface area contributed by atoms with Crippen molar-refractivity contribution in [2.24, 2.45) is 0 Å². The Balaban J connectivity index is 1.82. The Labute approximate surface area is 185 Å². The van der Waals surface area contributed by atoms with Gasteiger partial charge in [-0.05, 0) is 48.6 Å². The van der Waals surface area contributed by atoms with Crippen molar-refractivity contribution in [1.29, 1.82) is 0 Å². The summed E-state index contributed by atoms with van der Waals surface area (Å²) in [5.74, 6) is -0.979. The highest BCUT2D eigenvalue weighted by atomic mass is 35.5. The number of Topliss-reactive ketones (excluding diaryl/α,β-unsaturated/α-hetero) is 1. The summed E-state index contributed by atoms with van der Waals surface area (Å²) in [6.07, 6.45) is 1.02. The van der Waals surface area contributed by atoms with E-state index in [9.17, 15) is 9.59 Å². The molecule has 2 aromatic rings. The number of carbonyl (C=O) groups is 2. The zero-order valence-corrected chi connectivity index (χ0v) is 18.2. The van der Waals surface area contributed by atoms with Crippen LogP contribution in [0.4, 0.5) is 0 Å². The van der Waals surface area contributed by atoms with Gasteiger partial charge in [-0.25, -0.2) is 4.79 Å². The highest BCUT2D eigenvalue weighted by Gasteiger charge is 2.41. The molecule has 0 spiro atoms. The molecular formula is C24H21Cl2NO3. The minimum Gasteiger partial charge on any atom is -0.466 e. The molecule has 2 aromatic carbocycles. The second kappa shape index (κ2) is 8.29. The first-order chi connectivity index (χ1) is 14.4. The molecule has 0 bridgehead atoms. The van der Waals surface area contributed by atoms with E-state index < -0.39 is 11.9 Å². The average molecular weight is 442 g/mol. The molecule has 4 rings (SSSR count). The maximum absolute atomic E-state index is 13.4. The van der Waals surface area contributed by atoms with Gasteiger partial charge in [-0.2, -0.15) is 0 Å². The molecule has 0 aromatic heterocycles. The van der Waals surface area contributed by atoms with Crippen LogP contribution in [0, 0.1) is 0 Å². The third-order valence-corrected chi connectivity index (χ3v) is 6.39. The topological polar surface area (TPSA) is 55.4 Å². The van der Waals surface area contributed by atoms with Gasteiger partial charge in [0.25, 0.3) is 0 Å². The number of allylic oxidation sites excluding steroid dienone is 3. The van der Waals surface area contributed by atoms with E-state index in [0.717, 1.165) is 16.8 Å². The van der Waals surface area contributed by atoms with Gasteiger partial charge in [0.2, 0.25) is 0 Å². The van der Waals surface area contributed by atoms with E-state index in [2.05, 4.69) is 5.32 Å². The second-order valence-electron chi connectivity index (χ2n) is 7.58. The van der Waals surface area contributed by atoms with Gasteiger partial charge in [0.15, 0.2) is 5.78 Å². The average Bonchev–Trinajstić information content (AvgIpc) is 2.73. The summed E-state index contributed by atoms with van der Waals surface area (Å²) in [7, 11) is 1.34. The van der Waals surface area contributed by atoms with Gasteiger partial charge in [0.1, 0.15) is 0 Å². The lowest BCUT2D eigenvalue weighted by molar-refractivity contribution is -0.136. The molecule has 0 radical (unpaired) electrons. The molecule has 2 atom stereocenters. The fourth-order valence-electron chi connectivity index (χ4n) is 4.41. The number of ether oxygens (including phenoxy) is 1. The number of methoxy groups -OCH3 is 1. The normalized spacial score (nSPS) is 21.3. The summed E-state index contributed by atoms with van der Waals surface area (Å²) in [6.45, 7) is 1.83. The van der Waals surface area contributed by atoms with Crippen molar-refractivity contribution < 1.29 is 14.3 Å². The standard InChI is InChI=1S/C24H21Cl2NO3/c1-13-21(24(29)30-2)22(17-5-3-4-6-18(17)26)23-19(27-13)11-15(12-20(23)28)14-7-9-16(25)10-8-14/h3-10,15,22,27H,11-12H2,1-2H3/t15-,22+/m0/s1. The molecule has 1 aliphatic heterocycles. The van der Waals surface area contributed by atoms with Crippen LogP contribution in [-0.4, -0.2) is 18.9 Å². The SMILES string of the molecule is COC(=O)C1=C(C)NC2=C(C(=O)C[C@@H](c3ccc(Cl)cc3)C2)[C@@H]1c1ccccc1Cl. The highest BCUT2D eigenvalue weighted by molar-refractivity contribution is 6.31. The number of benzene rings is 2. The largest absolute Gasteiger partial charge is 0.466 e. The Morgan fingerprint density at radius 3 is 2.43 bits per heavy atom. The third-order valence-electron chi connectivity index (χ3n) is 5.79. The highest BCUT2D eigenvalue weighted by Crippen LogP contribution is 2.47. The van der Waals surface area contributed by atoms with Crippen molar-refractivity contribution in [3.63, 3.8) is 0 Å². The van der Waals surface area contributed by atoms with E-state index in [-0.39, 0.29) is 11.7 Å². The quantitative estimate of drug-likeness (QED) is 0.636. The summed E-state index contributed by atoms with van der Waals surface area (Å²) >= 11 is 12.5. The molecule has 0 saturated heterocycles. The van der Waals surface area contributed by atoms with E-state index in [1.54, 1.807) is 6.07 Å². The number of rotatable bonds is 3. The Bertz CT molecular complexity index is 1090. The molecule has 4 nitrogen and oxygen atoms in total. The van der Waals surface area contributed by atoms with Crippen LogP contribution in [-0.2, 0) is 14.3 Å². The molecule has 0 fully saturated rings. The fourth-order valence-corrected chi connectivity index (χ4v) is 4.78. The summed E-state index contributed by atoms with van der Waals surface area (Å²) < 4.78 is 5.04. The minimum atomic E-state index is -0.555. The number of hydrogen-bond donors (Lipinski definition) is 1. The van der Waals surface area contributed by atoms with Crippen LogP contribution in [0.1, 0.15) is 42.7 Å². The first-order valence-electron chi connectivity index (χ1n) is 9.73. The predicted octanol–water partition coefficient (Wildman–Crippen LogP) is 5.53. The number of carbonyl (C=O) groups excluding carboxylic acids is 2. The zero-order chi connectivity index (χ0) is 21.4. The van der Waals surface area contributed by atoms with Crippen LogP contribution in [0.25, 0.3) is 0 Å². The molecule has 1 heterocycles. The van der Waals surface area contributed by atoms with Crippen LogP contribution in [0.2, 0.25) is 10.0 Å². The summed E-state index contributed by atoms with van der Waals surface area (Å²) in [5, 5.41) is 4.49. The number of dihydropyridines is 1. The first kappa shape index (κ1) is 20.7. The van der Waals surface area contributed by atoms with Gasteiger partial charge >= 0.3 is 5.97 Å². The Morgan fingerprint density at radius 2 is 1.77 bits per heavy atom. The molecule has 154 valence electrons. The molecule has 0 unspecified atom stereocenters. The molecule has 30 heavy (non-hydrogen) atoms. The molecule has 0 saturated carbocycles. The summed E-state index contributed by atoms with van der Waals surface area (Å²) in [4.78, 5) is 26.1. The van der Waals surface area contributed by atoms with Gasteiger partial charge in [-0.3, -0.25) is 4.79 Å². The molecule has 2 aliphatic rings. The van der Waals surface area contributed by atoms with Crippen molar-refractivity contribution in [2.45, 2.75) is 31.6 Å². The maximum atomic E-state index is 13.4. The smallest absolute Gasteiger partial charge is 0.336 e. The Morgan fingerprint density at radius 1 is 1.07 bits per heavy atom. The van der Waals surface area contributed by atoms with E-state index in [1.165, 1.54) is 7.11 Å². The van der Waals surface area contributed by atoms with E-state index in [0.29, 0.717) is 39.7 Å². The van der Waals surface area contributed by atoms with Crippen LogP contribution in [0.5, 0.6) is 0 Å². The number of halogens is 2. The Kier molecular flexibility index (Phi) is 5.72. The summed E-state index contributed by atoms with van der Waals surface area (Å²) in [6, 6.07) is 14.9. The molecule has 6 heteroatoms. The maximum Gasteiger partial charge on any atom is 0.336 e. The van der Waals surface area contributed by atoms with Crippen LogP contribution in [0.15, 0.2) is 71.1 Å². The number of ketones is 1. The number of nitrogens with one attached hydrogen (secondary N) is 1. The van der Waals surface area contributed by atoms with E-state index in [4.69, 9.17) is 27.9 Å². The lowest BCUT2D eigenvalue weighted by Gasteiger charge is -2.36. The minimum absolute atomic E-state index is 0.00234. The first-order valence-corrected chi connectivity index (χ1v) is 10.5. The van der Waals surface area contributed by atoms with Crippen molar-refractivity contribution >= 4 is 35.0 Å². The third kappa shape index (κ3) is 3.66. The second-order valence-corrected chi connectivity index (χ2v) is 8.43. The van der Waals surface area contributed by atoms with Crippen molar-refractivity contribution in [1.82, 2.24) is 5.32 Å². The number of hydrogen-bond acceptors (Lipinski definition) is 4. The van der Waals surface area contributed by atoms with Gasteiger partial charge in [-0.1, -0.05) is 53.5 Å². The molecule has 0 amide bonds. The van der Waals surface area contributed by atoms with Crippen molar-refractivity contribution in [3.8, 4) is 0 Å². The lowest BCUT2D eigenvalue weighted by Crippen LogP contribution is -2.36. The van der Waals surface area contributed by atoms with Gasteiger partial charge in [0, 0.05) is 39.4 Å². The fraction of sp³-hybridized carbons (Fsp3) is 0.250. The van der Waals surface area contributed by atoms with E-state index in [1.807, 2.05) is 49.4 Å². The molecule has 1 N–H and O–H groups in total. The van der Waals surface area contributed by atoms with Gasteiger partial charge < -0.3 is 10.1 Å². The van der Waals surface area contributed by atoms with Gasteiger partial charge in [-0.15, -0.1) is 0 Å². The van der Waals surface area contributed by atoms with Crippen LogP contribution in [0.3, 0.4) is 0 Å². The van der Waals surface area contributed by atoms with Crippen molar-refractivity contribution in [2.75, 3.05) is 7.11 Å². The zero-order valence-electron chi connectivity index (χ0n) is 16.7. The van der Waals surface area contributed by atoms with Crippen LogP contribution < -0.4 is 5.32 Å². The predicted molar refractivity (Wildman–Crippen MR) is 118 cm³/mol. The van der Waals surface area contributed by atoms with Gasteiger partial charge in [0.05, 0.1) is 12.7 Å². The van der Waals surface area contributed by atoms with Crippen LogP contribution >= 0.6 is 23.2 Å². The monoisotopic (exact) mass is 441 g/mol. The van der Waals surface area contributed by atoms with E-state index >= 15 is 0 Å². The number of esters is 1. The summed E-state index contributed by atoms with van der Waals surface area (Å²) in [5.41, 5.74) is 4.32. The Hall–Kier alpha value is -2.56. The lowest BCUT2D eigenvalue weighted by atomic mass is 9.71. The molecular weight excluding hydrogens is 421 g/mol. The van der Waals surface area contributed by atoms with Crippen molar-refractivity contribution in [3.05, 3.63) is 92.2 Å².